The summed E-state index contributed by atoms with van der Waals surface area (Å²) in [6, 6.07) is 14.5. The molecule has 1 aliphatic heterocycles. The summed E-state index contributed by atoms with van der Waals surface area (Å²) in [6.45, 7) is 13.2. The van der Waals surface area contributed by atoms with E-state index < -0.39 is 0 Å². The van der Waals surface area contributed by atoms with Crippen molar-refractivity contribution in [2.45, 2.75) is 66.0 Å². The van der Waals surface area contributed by atoms with Gasteiger partial charge in [0.2, 0.25) is 0 Å². The SMILES string of the molecule is CCOc1ccccc1C(=O)N(c1ccc2[nH]cc(C3=CCN(C(CC)CC)CC3)c2c1)C(C)C. The van der Waals surface area contributed by atoms with E-state index in [9.17, 15) is 4.79 Å². The lowest BCUT2D eigenvalue weighted by molar-refractivity contribution is 0.0976. The lowest BCUT2D eigenvalue weighted by Crippen LogP contribution is -2.37. The van der Waals surface area contributed by atoms with Crippen LogP contribution in [0.5, 0.6) is 5.75 Å². The zero-order chi connectivity index (χ0) is 24.9. The molecule has 1 N–H and O–H groups in total. The number of aromatic nitrogens is 1. The molecular weight excluding hydrogens is 434 g/mol. The molecule has 0 saturated carbocycles. The zero-order valence-corrected chi connectivity index (χ0v) is 21.8. The molecule has 1 aliphatic rings. The van der Waals surface area contributed by atoms with Crippen molar-refractivity contribution in [3.05, 3.63) is 65.9 Å². The molecule has 2 aromatic carbocycles. The summed E-state index contributed by atoms with van der Waals surface area (Å²) < 4.78 is 5.76. The number of ether oxygens (including phenoxy) is 1. The van der Waals surface area contributed by atoms with E-state index in [1.165, 1.54) is 29.4 Å². The fourth-order valence-corrected chi connectivity index (χ4v) is 5.29. The Hall–Kier alpha value is -3.05. The highest BCUT2D eigenvalue weighted by Gasteiger charge is 2.25. The first-order valence-electron chi connectivity index (χ1n) is 13.1. The summed E-state index contributed by atoms with van der Waals surface area (Å²) in [5.41, 5.74) is 5.23. The van der Waals surface area contributed by atoms with Gasteiger partial charge >= 0.3 is 0 Å². The minimum absolute atomic E-state index is 0.000463. The van der Waals surface area contributed by atoms with Crippen LogP contribution in [0.3, 0.4) is 0 Å². The van der Waals surface area contributed by atoms with Crippen LogP contribution in [0.25, 0.3) is 16.5 Å². The van der Waals surface area contributed by atoms with Crippen LogP contribution >= 0.6 is 0 Å². The fourth-order valence-electron chi connectivity index (χ4n) is 5.29. The molecule has 0 spiro atoms. The largest absolute Gasteiger partial charge is 0.493 e. The Labute approximate surface area is 209 Å². The third-order valence-electron chi connectivity index (χ3n) is 7.14. The normalized spacial score (nSPS) is 14.5. The first kappa shape index (κ1) is 25.1. The number of nitrogens with one attached hydrogen (secondary N) is 1. The van der Waals surface area contributed by atoms with Crippen LogP contribution in [0.4, 0.5) is 5.69 Å². The molecular formula is C30H39N3O2. The van der Waals surface area contributed by atoms with E-state index in [2.05, 4.69) is 62.0 Å². The van der Waals surface area contributed by atoms with Crippen LogP contribution < -0.4 is 9.64 Å². The number of nitrogens with zero attached hydrogens (tertiary/aromatic N) is 2. The lowest BCUT2D eigenvalue weighted by Gasteiger charge is -2.33. The lowest BCUT2D eigenvalue weighted by atomic mass is 9.97. The second kappa shape index (κ2) is 11.1. The van der Waals surface area contributed by atoms with Crippen LogP contribution in [-0.2, 0) is 0 Å². The molecule has 0 unspecified atom stereocenters. The van der Waals surface area contributed by atoms with Gasteiger partial charge in [-0.3, -0.25) is 9.69 Å². The Morgan fingerprint density at radius 3 is 2.54 bits per heavy atom. The number of para-hydroxylation sites is 1. The number of hydrogen-bond acceptors (Lipinski definition) is 3. The second-order valence-electron chi connectivity index (χ2n) is 9.57. The van der Waals surface area contributed by atoms with Gasteiger partial charge in [-0.05, 0) is 75.9 Å². The molecule has 5 nitrogen and oxygen atoms in total. The molecule has 0 atom stereocenters. The summed E-state index contributed by atoms with van der Waals surface area (Å²) >= 11 is 0. The predicted molar refractivity (Wildman–Crippen MR) is 146 cm³/mol. The maximum Gasteiger partial charge on any atom is 0.262 e. The average Bonchev–Trinajstić information content (AvgIpc) is 3.29. The number of fused-ring (bicyclic) bond motifs is 1. The summed E-state index contributed by atoms with van der Waals surface area (Å²) in [5, 5.41) is 1.17. The number of benzene rings is 2. The highest BCUT2D eigenvalue weighted by molar-refractivity contribution is 6.09. The molecule has 35 heavy (non-hydrogen) atoms. The van der Waals surface area contributed by atoms with E-state index in [4.69, 9.17) is 4.74 Å². The van der Waals surface area contributed by atoms with Gasteiger partial charge in [0.25, 0.3) is 5.91 Å². The molecule has 1 amide bonds. The number of rotatable bonds is 9. The maximum atomic E-state index is 13.7. The van der Waals surface area contributed by atoms with E-state index in [1.807, 2.05) is 42.2 Å². The van der Waals surface area contributed by atoms with E-state index in [-0.39, 0.29) is 11.9 Å². The van der Waals surface area contributed by atoms with E-state index in [0.29, 0.717) is 24.0 Å². The van der Waals surface area contributed by atoms with Crippen molar-refractivity contribution < 1.29 is 9.53 Å². The zero-order valence-electron chi connectivity index (χ0n) is 21.8. The Morgan fingerprint density at radius 2 is 1.89 bits per heavy atom. The van der Waals surface area contributed by atoms with Gasteiger partial charge in [0.15, 0.2) is 0 Å². The summed E-state index contributed by atoms with van der Waals surface area (Å²) in [5.74, 6) is 0.585. The molecule has 3 aromatic rings. The number of H-pyrrole nitrogens is 1. The van der Waals surface area contributed by atoms with E-state index in [0.717, 1.165) is 30.7 Å². The second-order valence-corrected chi connectivity index (χ2v) is 9.57. The van der Waals surface area contributed by atoms with Crippen LogP contribution in [0.15, 0.2) is 54.7 Å². The smallest absolute Gasteiger partial charge is 0.262 e. The Morgan fingerprint density at radius 1 is 1.11 bits per heavy atom. The Bertz CT molecular complexity index is 1190. The topological polar surface area (TPSA) is 48.6 Å². The van der Waals surface area contributed by atoms with Crippen molar-refractivity contribution in [3.63, 3.8) is 0 Å². The van der Waals surface area contributed by atoms with Gasteiger partial charge in [0.05, 0.1) is 12.2 Å². The average molecular weight is 474 g/mol. The first-order chi connectivity index (χ1) is 17.0. The van der Waals surface area contributed by atoms with Crippen LogP contribution in [0.1, 0.15) is 69.8 Å². The van der Waals surface area contributed by atoms with Gasteiger partial charge in [-0.2, -0.15) is 0 Å². The van der Waals surface area contributed by atoms with Crippen molar-refractivity contribution >= 4 is 28.1 Å². The third kappa shape index (κ3) is 5.15. The third-order valence-corrected chi connectivity index (χ3v) is 7.14. The molecule has 186 valence electrons. The number of anilines is 1. The van der Waals surface area contributed by atoms with Crippen molar-refractivity contribution in [2.24, 2.45) is 0 Å². The molecule has 0 saturated heterocycles. The van der Waals surface area contributed by atoms with E-state index in [1.54, 1.807) is 0 Å². The first-order valence-corrected chi connectivity index (χ1v) is 13.1. The quantitative estimate of drug-likeness (QED) is 0.368. The van der Waals surface area contributed by atoms with Crippen LogP contribution in [-0.4, -0.2) is 47.6 Å². The number of carbonyl (C=O) groups is 1. The summed E-state index contributed by atoms with van der Waals surface area (Å²) in [6.07, 6.45) is 7.95. The van der Waals surface area contributed by atoms with E-state index >= 15 is 0 Å². The monoisotopic (exact) mass is 473 g/mol. The Kier molecular flexibility index (Phi) is 7.97. The fraction of sp³-hybridized carbons (Fsp3) is 0.433. The number of amides is 1. The van der Waals surface area contributed by atoms with Gasteiger partial charge in [-0.1, -0.05) is 32.1 Å². The van der Waals surface area contributed by atoms with Gasteiger partial charge in [0, 0.05) is 53.5 Å². The molecule has 4 rings (SSSR count). The predicted octanol–water partition coefficient (Wildman–Crippen LogP) is 6.90. The molecule has 0 bridgehead atoms. The molecule has 0 fully saturated rings. The van der Waals surface area contributed by atoms with Crippen LogP contribution in [0.2, 0.25) is 0 Å². The van der Waals surface area contributed by atoms with Gasteiger partial charge < -0.3 is 14.6 Å². The van der Waals surface area contributed by atoms with Crippen LogP contribution in [0, 0.1) is 0 Å². The number of carbonyl (C=O) groups excluding carboxylic acids is 1. The number of aromatic amines is 1. The standard InChI is InChI=1S/C30H39N3O2/c1-6-23(7-2)32-17-15-22(16-18-32)27-20-31-28-14-13-24(19-26(27)28)33(21(4)5)30(34)25-11-9-10-12-29(25)35-8-3/h9-15,19-21,23,31H,6-8,16-18H2,1-5H3. The molecule has 5 heteroatoms. The van der Waals surface area contributed by atoms with Gasteiger partial charge in [-0.25, -0.2) is 0 Å². The highest BCUT2D eigenvalue weighted by Crippen LogP contribution is 2.34. The molecule has 1 aromatic heterocycles. The molecule has 2 heterocycles. The minimum Gasteiger partial charge on any atom is -0.493 e. The number of hydrogen-bond donors (Lipinski definition) is 1. The van der Waals surface area contributed by atoms with Crippen molar-refractivity contribution in [3.8, 4) is 5.75 Å². The minimum atomic E-state index is -0.0433. The molecule has 0 radical (unpaired) electrons. The van der Waals surface area contributed by atoms with Gasteiger partial charge in [0.1, 0.15) is 5.75 Å². The van der Waals surface area contributed by atoms with Crippen molar-refractivity contribution in [1.29, 1.82) is 0 Å². The summed E-state index contributed by atoms with van der Waals surface area (Å²) in [7, 11) is 0. The van der Waals surface area contributed by atoms with Crippen molar-refractivity contribution in [1.82, 2.24) is 9.88 Å². The summed E-state index contributed by atoms with van der Waals surface area (Å²) in [4.78, 5) is 21.6. The Balaban J connectivity index is 1.67. The van der Waals surface area contributed by atoms with Crippen molar-refractivity contribution in [2.75, 3.05) is 24.6 Å². The highest BCUT2D eigenvalue weighted by atomic mass is 16.5. The van der Waals surface area contributed by atoms with Gasteiger partial charge in [-0.15, -0.1) is 0 Å². The molecule has 0 aliphatic carbocycles. The maximum absolute atomic E-state index is 13.7.